The van der Waals surface area contributed by atoms with E-state index in [1.165, 1.54) is 25.1 Å². The molecule has 0 heterocycles. The molecule has 0 radical (unpaired) electrons. The largest absolute Gasteiger partial charge is 0.412 e. The van der Waals surface area contributed by atoms with Crippen molar-refractivity contribution in [2.75, 3.05) is 12.3 Å². The fourth-order valence-corrected chi connectivity index (χ4v) is 3.77. The number of ketones is 2. The summed E-state index contributed by atoms with van der Waals surface area (Å²) in [5.41, 5.74) is 5.10. The number of anilines is 1. The highest BCUT2D eigenvalue weighted by Crippen LogP contribution is 2.44. The number of benzene rings is 2. The maximum absolute atomic E-state index is 13.6. The van der Waals surface area contributed by atoms with Crippen molar-refractivity contribution in [2.45, 2.75) is 39.2 Å². The summed E-state index contributed by atoms with van der Waals surface area (Å²) >= 11 is 0. The Kier molecular flexibility index (Phi) is 5.83. The topological polar surface area (TPSA) is 128 Å². The van der Waals surface area contributed by atoms with E-state index < -0.39 is 29.1 Å². The molecule has 31 heavy (non-hydrogen) atoms. The second-order valence-corrected chi connectivity index (χ2v) is 7.69. The number of ether oxygens (including phenoxy) is 1. The van der Waals surface area contributed by atoms with Crippen molar-refractivity contribution >= 4 is 29.3 Å². The first kappa shape index (κ1) is 22.0. The van der Waals surface area contributed by atoms with Crippen LogP contribution in [0.2, 0.25) is 0 Å². The van der Waals surface area contributed by atoms with Gasteiger partial charge in [-0.2, -0.15) is 0 Å². The quantitative estimate of drug-likeness (QED) is 0.501. The van der Waals surface area contributed by atoms with Crippen LogP contribution < -0.4 is 21.1 Å². The lowest BCUT2D eigenvalue weighted by atomic mass is 9.82. The third kappa shape index (κ3) is 3.65. The van der Waals surface area contributed by atoms with Gasteiger partial charge in [0.05, 0.1) is 5.56 Å². The summed E-state index contributed by atoms with van der Waals surface area (Å²) in [5, 5.41) is 5.06. The van der Waals surface area contributed by atoms with Crippen LogP contribution in [0.5, 0.6) is 5.75 Å². The first-order chi connectivity index (χ1) is 14.6. The van der Waals surface area contributed by atoms with E-state index in [-0.39, 0.29) is 34.0 Å². The molecular formula is C23H25N3O5. The minimum atomic E-state index is -2.08. The molecule has 4 N–H and O–H groups in total. The van der Waals surface area contributed by atoms with Crippen LogP contribution in [0.15, 0.2) is 36.4 Å². The minimum Gasteiger partial charge on any atom is -0.410 e. The zero-order chi connectivity index (χ0) is 22.9. The van der Waals surface area contributed by atoms with E-state index in [9.17, 15) is 19.2 Å². The minimum absolute atomic E-state index is 0.0129. The van der Waals surface area contributed by atoms with E-state index >= 15 is 0 Å². The summed E-state index contributed by atoms with van der Waals surface area (Å²) in [7, 11) is 0. The number of nitrogens with one attached hydrogen (secondary N) is 2. The molecule has 162 valence electrons. The lowest BCUT2D eigenvalue weighted by molar-refractivity contribution is -0.120. The Balaban J connectivity index is 2.28. The van der Waals surface area contributed by atoms with Crippen LogP contribution in [-0.2, 0) is 10.3 Å². The van der Waals surface area contributed by atoms with Crippen LogP contribution in [0.3, 0.4) is 0 Å². The molecule has 0 fully saturated rings. The molecule has 8 nitrogen and oxygen atoms in total. The average Bonchev–Trinajstić information content (AvgIpc) is 2.91. The highest BCUT2D eigenvalue weighted by atomic mass is 16.6. The number of carbonyl (C=O) groups excluding carboxylic acids is 4. The zero-order valence-corrected chi connectivity index (χ0v) is 17.9. The molecule has 2 aromatic carbocycles. The van der Waals surface area contributed by atoms with Gasteiger partial charge in [-0.15, -0.1) is 0 Å². The van der Waals surface area contributed by atoms with Crippen molar-refractivity contribution < 1.29 is 23.9 Å². The van der Waals surface area contributed by atoms with Gasteiger partial charge in [0, 0.05) is 30.3 Å². The molecule has 0 aliphatic heterocycles. The fraction of sp³-hybridized carbons (Fsp3) is 0.304. The Morgan fingerprint density at radius 3 is 2.42 bits per heavy atom. The number of Topliss-reactive ketones (excluding diaryl/α,β-unsaturated/α-hetero) is 2. The van der Waals surface area contributed by atoms with E-state index in [1.807, 2.05) is 13.8 Å². The molecular weight excluding hydrogens is 398 g/mol. The van der Waals surface area contributed by atoms with Gasteiger partial charge in [0.2, 0.25) is 17.5 Å². The second kappa shape index (κ2) is 8.22. The van der Waals surface area contributed by atoms with Crippen LogP contribution in [-0.4, -0.2) is 30.1 Å². The van der Waals surface area contributed by atoms with Gasteiger partial charge in [-0.3, -0.25) is 14.4 Å². The number of carbonyl (C=O) groups is 4. The molecule has 1 aliphatic rings. The fourth-order valence-electron chi connectivity index (χ4n) is 3.77. The summed E-state index contributed by atoms with van der Waals surface area (Å²) in [6.07, 6.45) is -0.738. The number of nitrogen functional groups attached to an aromatic ring is 1. The van der Waals surface area contributed by atoms with Crippen molar-refractivity contribution in [2.24, 2.45) is 0 Å². The van der Waals surface area contributed by atoms with Crippen LogP contribution in [0.25, 0.3) is 0 Å². The van der Waals surface area contributed by atoms with Crippen LogP contribution in [0.4, 0.5) is 10.5 Å². The molecule has 1 aliphatic carbocycles. The van der Waals surface area contributed by atoms with E-state index in [4.69, 9.17) is 10.5 Å². The predicted molar refractivity (Wildman–Crippen MR) is 115 cm³/mol. The first-order valence-electron chi connectivity index (χ1n) is 10.00. The summed E-state index contributed by atoms with van der Waals surface area (Å²) in [4.78, 5) is 51.5. The van der Waals surface area contributed by atoms with Gasteiger partial charge >= 0.3 is 6.09 Å². The number of hydrogen-bond acceptors (Lipinski definition) is 6. The van der Waals surface area contributed by atoms with Crippen molar-refractivity contribution in [3.05, 3.63) is 58.7 Å². The number of rotatable bonds is 5. The van der Waals surface area contributed by atoms with Gasteiger partial charge in [0.25, 0.3) is 0 Å². The van der Waals surface area contributed by atoms with Gasteiger partial charge < -0.3 is 21.1 Å². The first-order valence-corrected chi connectivity index (χ1v) is 10.00. The van der Waals surface area contributed by atoms with E-state index in [0.717, 1.165) is 5.56 Å². The Hall–Kier alpha value is -3.68. The predicted octanol–water partition coefficient (Wildman–Crippen LogP) is 2.91. The van der Waals surface area contributed by atoms with Crippen LogP contribution in [0, 0.1) is 0 Å². The molecule has 3 rings (SSSR count). The van der Waals surface area contributed by atoms with Crippen molar-refractivity contribution in [1.82, 2.24) is 10.6 Å². The van der Waals surface area contributed by atoms with Crippen LogP contribution >= 0.6 is 0 Å². The monoisotopic (exact) mass is 423 g/mol. The Bertz CT molecular complexity index is 1090. The molecule has 0 aromatic heterocycles. The SMILES string of the molecule is CCNC(=O)Oc1cc(C(C)C)ccc1C1(NC(C)=O)C(=O)c2cccc(N)c2C1=O. The maximum atomic E-state index is 13.6. The summed E-state index contributed by atoms with van der Waals surface area (Å²) in [6.45, 7) is 7.18. The summed E-state index contributed by atoms with van der Waals surface area (Å²) in [6, 6.07) is 9.45. The average molecular weight is 423 g/mol. The van der Waals surface area contributed by atoms with Gasteiger partial charge in [-0.05, 0) is 30.5 Å². The van der Waals surface area contributed by atoms with E-state index in [2.05, 4.69) is 10.6 Å². The number of amides is 2. The maximum Gasteiger partial charge on any atom is 0.412 e. The van der Waals surface area contributed by atoms with Crippen molar-refractivity contribution in [1.29, 1.82) is 0 Å². The van der Waals surface area contributed by atoms with Crippen LogP contribution in [0.1, 0.15) is 65.5 Å². The number of nitrogens with two attached hydrogens (primary N) is 1. The molecule has 1 unspecified atom stereocenters. The molecule has 0 bridgehead atoms. The van der Waals surface area contributed by atoms with Gasteiger partial charge in [0.15, 0.2) is 5.54 Å². The lowest BCUT2D eigenvalue weighted by Gasteiger charge is -2.29. The summed E-state index contributed by atoms with van der Waals surface area (Å²) in [5.74, 6) is -1.79. The molecule has 0 saturated carbocycles. The van der Waals surface area contributed by atoms with Gasteiger partial charge in [0.1, 0.15) is 5.75 Å². The van der Waals surface area contributed by atoms with Gasteiger partial charge in [-0.1, -0.05) is 38.1 Å². The number of fused-ring (bicyclic) bond motifs is 1. The van der Waals surface area contributed by atoms with Crippen molar-refractivity contribution in [3.63, 3.8) is 0 Å². The van der Waals surface area contributed by atoms with Gasteiger partial charge in [-0.25, -0.2) is 4.79 Å². The molecule has 2 amide bonds. The molecule has 0 saturated heterocycles. The lowest BCUT2D eigenvalue weighted by Crippen LogP contribution is -2.53. The highest BCUT2D eigenvalue weighted by Gasteiger charge is 2.57. The third-order valence-electron chi connectivity index (χ3n) is 5.21. The smallest absolute Gasteiger partial charge is 0.410 e. The third-order valence-corrected chi connectivity index (χ3v) is 5.21. The Labute approximate surface area is 180 Å². The summed E-state index contributed by atoms with van der Waals surface area (Å²) < 4.78 is 5.48. The zero-order valence-electron chi connectivity index (χ0n) is 17.9. The van der Waals surface area contributed by atoms with E-state index in [1.54, 1.807) is 25.1 Å². The molecule has 0 spiro atoms. The number of hydrogen-bond donors (Lipinski definition) is 3. The Morgan fingerprint density at radius 2 is 1.84 bits per heavy atom. The molecule has 2 aromatic rings. The second-order valence-electron chi connectivity index (χ2n) is 7.69. The Morgan fingerprint density at radius 1 is 1.13 bits per heavy atom. The standard InChI is InChI=1S/C23H25N3O5/c1-5-25-22(30)31-18-11-14(12(2)3)9-10-16(18)23(26-13(4)27)20(28)15-7-6-8-17(24)19(15)21(23)29/h6-12H,5,24H2,1-4H3,(H,25,30)(H,26,27). The molecule has 1 atom stereocenters. The highest BCUT2D eigenvalue weighted by molar-refractivity contribution is 6.35. The van der Waals surface area contributed by atoms with E-state index in [0.29, 0.717) is 6.54 Å². The molecule has 8 heteroatoms. The normalized spacial score (nSPS) is 17.5. The van der Waals surface area contributed by atoms with Crippen molar-refractivity contribution in [3.8, 4) is 5.75 Å².